The predicted molar refractivity (Wildman–Crippen MR) is 88.0 cm³/mol. The standard InChI is InChI=1S/C17H17BrO4/c1-11(19)13-5-7-16(17(9-13)21-3)22-10-12-4-6-15(20-2)14(18)8-12/h4-9H,10H2,1-3H3. The summed E-state index contributed by atoms with van der Waals surface area (Å²) in [6.45, 7) is 1.91. The van der Waals surface area contributed by atoms with Crippen LogP contribution in [0.5, 0.6) is 17.2 Å². The van der Waals surface area contributed by atoms with Gasteiger partial charge in [0.2, 0.25) is 0 Å². The fourth-order valence-electron chi connectivity index (χ4n) is 1.97. The van der Waals surface area contributed by atoms with Gasteiger partial charge in [0.1, 0.15) is 12.4 Å². The molecule has 5 heteroatoms. The summed E-state index contributed by atoms with van der Waals surface area (Å²) < 4.78 is 17.1. The highest BCUT2D eigenvalue weighted by Crippen LogP contribution is 2.30. The summed E-state index contributed by atoms with van der Waals surface area (Å²) >= 11 is 3.44. The molecule has 0 atom stereocenters. The molecule has 0 amide bonds. The van der Waals surface area contributed by atoms with Gasteiger partial charge in [-0.05, 0) is 58.7 Å². The number of hydrogen-bond donors (Lipinski definition) is 0. The van der Waals surface area contributed by atoms with Crippen LogP contribution in [0.4, 0.5) is 0 Å². The van der Waals surface area contributed by atoms with Gasteiger partial charge in [-0.15, -0.1) is 0 Å². The van der Waals surface area contributed by atoms with E-state index in [1.165, 1.54) is 6.92 Å². The van der Waals surface area contributed by atoms with Crippen molar-refractivity contribution in [3.05, 3.63) is 52.0 Å². The third-order valence-corrected chi connectivity index (χ3v) is 3.80. The third kappa shape index (κ3) is 3.80. The lowest BCUT2D eigenvalue weighted by atomic mass is 10.1. The van der Waals surface area contributed by atoms with Crippen LogP contribution in [0.15, 0.2) is 40.9 Å². The lowest BCUT2D eigenvalue weighted by molar-refractivity contribution is 0.101. The lowest BCUT2D eigenvalue weighted by Gasteiger charge is -2.12. The first-order valence-electron chi connectivity index (χ1n) is 6.69. The molecule has 0 unspecified atom stereocenters. The van der Waals surface area contributed by atoms with Crippen LogP contribution in [0.3, 0.4) is 0 Å². The molecule has 0 N–H and O–H groups in total. The quantitative estimate of drug-likeness (QED) is 0.718. The molecule has 2 rings (SSSR count). The number of hydrogen-bond acceptors (Lipinski definition) is 4. The maximum atomic E-state index is 11.4. The first-order chi connectivity index (χ1) is 10.5. The average molecular weight is 365 g/mol. The van der Waals surface area contributed by atoms with Crippen molar-refractivity contribution in [2.24, 2.45) is 0 Å². The number of benzene rings is 2. The molecular formula is C17H17BrO4. The van der Waals surface area contributed by atoms with Crippen molar-refractivity contribution in [2.45, 2.75) is 13.5 Å². The van der Waals surface area contributed by atoms with Crippen LogP contribution in [0.1, 0.15) is 22.8 Å². The van der Waals surface area contributed by atoms with Crippen molar-refractivity contribution in [1.29, 1.82) is 0 Å². The summed E-state index contributed by atoms with van der Waals surface area (Å²) in [5, 5.41) is 0. The van der Waals surface area contributed by atoms with E-state index in [1.54, 1.807) is 32.4 Å². The number of rotatable bonds is 6. The third-order valence-electron chi connectivity index (χ3n) is 3.18. The van der Waals surface area contributed by atoms with Crippen molar-refractivity contribution in [3.63, 3.8) is 0 Å². The molecule has 0 aliphatic rings. The van der Waals surface area contributed by atoms with E-state index in [2.05, 4.69) is 15.9 Å². The van der Waals surface area contributed by atoms with Gasteiger partial charge in [-0.25, -0.2) is 0 Å². The Hall–Kier alpha value is -2.01. The van der Waals surface area contributed by atoms with Crippen LogP contribution in [-0.4, -0.2) is 20.0 Å². The number of carbonyl (C=O) groups excluding carboxylic acids is 1. The van der Waals surface area contributed by atoms with Crippen LogP contribution in [0, 0.1) is 0 Å². The van der Waals surface area contributed by atoms with E-state index in [0.29, 0.717) is 23.7 Å². The molecule has 0 bridgehead atoms. The van der Waals surface area contributed by atoms with Gasteiger partial charge in [0.25, 0.3) is 0 Å². The summed E-state index contributed by atoms with van der Waals surface area (Å²) in [6, 6.07) is 10.9. The van der Waals surface area contributed by atoms with Crippen LogP contribution in [0.25, 0.3) is 0 Å². The number of ether oxygens (including phenoxy) is 3. The van der Waals surface area contributed by atoms with Crippen molar-refractivity contribution in [3.8, 4) is 17.2 Å². The maximum Gasteiger partial charge on any atom is 0.161 e. The fourth-order valence-corrected chi connectivity index (χ4v) is 2.55. The van der Waals surface area contributed by atoms with Crippen molar-refractivity contribution < 1.29 is 19.0 Å². The summed E-state index contributed by atoms with van der Waals surface area (Å²) in [6.07, 6.45) is 0. The molecule has 0 heterocycles. The Morgan fingerprint density at radius 2 is 1.68 bits per heavy atom. The number of Topliss-reactive ketones (excluding diaryl/α,β-unsaturated/α-hetero) is 1. The van der Waals surface area contributed by atoms with Gasteiger partial charge >= 0.3 is 0 Å². The fraction of sp³-hybridized carbons (Fsp3) is 0.235. The Morgan fingerprint density at radius 1 is 1.00 bits per heavy atom. The highest BCUT2D eigenvalue weighted by Gasteiger charge is 2.09. The number of carbonyl (C=O) groups is 1. The predicted octanol–water partition coefficient (Wildman–Crippen LogP) is 4.25. The molecule has 0 radical (unpaired) electrons. The zero-order chi connectivity index (χ0) is 16.1. The van der Waals surface area contributed by atoms with Crippen LogP contribution < -0.4 is 14.2 Å². The molecule has 0 spiro atoms. The summed E-state index contributed by atoms with van der Waals surface area (Å²) in [7, 11) is 3.17. The highest BCUT2D eigenvalue weighted by atomic mass is 79.9. The zero-order valence-electron chi connectivity index (χ0n) is 12.7. The summed E-state index contributed by atoms with van der Waals surface area (Å²) in [4.78, 5) is 11.4. The number of ketones is 1. The van der Waals surface area contributed by atoms with Gasteiger partial charge in [0.05, 0.1) is 18.7 Å². The van der Waals surface area contributed by atoms with E-state index in [0.717, 1.165) is 15.8 Å². The molecule has 0 saturated carbocycles. The lowest BCUT2D eigenvalue weighted by Crippen LogP contribution is -2.00. The highest BCUT2D eigenvalue weighted by molar-refractivity contribution is 9.10. The molecule has 0 aliphatic heterocycles. The second kappa shape index (κ2) is 7.31. The largest absolute Gasteiger partial charge is 0.496 e. The Morgan fingerprint density at radius 3 is 2.27 bits per heavy atom. The van der Waals surface area contributed by atoms with Gasteiger partial charge in [0, 0.05) is 5.56 Å². The minimum absolute atomic E-state index is 0.0102. The van der Waals surface area contributed by atoms with Gasteiger partial charge in [-0.2, -0.15) is 0 Å². The number of methoxy groups -OCH3 is 2. The minimum atomic E-state index is -0.0102. The van der Waals surface area contributed by atoms with E-state index in [1.807, 2.05) is 18.2 Å². The molecule has 2 aromatic rings. The molecule has 0 aromatic heterocycles. The van der Waals surface area contributed by atoms with Gasteiger partial charge in [-0.1, -0.05) is 6.07 Å². The molecule has 0 saturated heterocycles. The topological polar surface area (TPSA) is 44.8 Å². The normalized spacial score (nSPS) is 10.2. The summed E-state index contributed by atoms with van der Waals surface area (Å²) in [5.41, 5.74) is 1.58. The van der Waals surface area contributed by atoms with E-state index in [4.69, 9.17) is 14.2 Å². The van der Waals surface area contributed by atoms with Crippen LogP contribution >= 0.6 is 15.9 Å². The maximum absolute atomic E-state index is 11.4. The Bertz CT molecular complexity index is 682. The molecule has 2 aromatic carbocycles. The number of halogens is 1. The first kappa shape index (κ1) is 16.4. The Balaban J connectivity index is 2.14. The molecule has 0 fully saturated rings. The van der Waals surface area contributed by atoms with Gasteiger partial charge in [-0.3, -0.25) is 4.79 Å². The Labute approximate surface area is 138 Å². The molecule has 22 heavy (non-hydrogen) atoms. The smallest absolute Gasteiger partial charge is 0.161 e. The van der Waals surface area contributed by atoms with Gasteiger partial charge in [0.15, 0.2) is 17.3 Å². The van der Waals surface area contributed by atoms with E-state index in [-0.39, 0.29) is 5.78 Å². The molecule has 4 nitrogen and oxygen atoms in total. The minimum Gasteiger partial charge on any atom is -0.496 e. The van der Waals surface area contributed by atoms with Crippen molar-refractivity contribution >= 4 is 21.7 Å². The van der Waals surface area contributed by atoms with E-state index in [9.17, 15) is 4.79 Å². The van der Waals surface area contributed by atoms with Crippen molar-refractivity contribution in [2.75, 3.05) is 14.2 Å². The second-order valence-corrected chi connectivity index (χ2v) is 5.53. The Kier molecular flexibility index (Phi) is 5.44. The average Bonchev–Trinajstić information content (AvgIpc) is 2.52. The van der Waals surface area contributed by atoms with Crippen LogP contribution in [0.2, 0.25) is 0 Å². The van der Waals surface area contributed by atoms with Crippen LogP contribution in [-0.2, 0) is 6.61 Å². The van der Waals surface area contributed by atoms with E-state index >= 15 is 0 Å². The van der Waals surface area contributed by atoms with Crippen molar-refractivity contribution in [1.82, 2.24) is 0 Å². The molecular weight excluding hydrogens is 348 g/mol. The molecule has 0 aliphatic carbocycles. The van der Waals surface area contributed by atoms with Gasteiger partial charge < -0.3 is 14.2 Å². The molecule has 116 valence electrons. The summed E-state index contributed by atoms with van der Waals surface area (Å²) in [5.74, 6) is 1.90. The second-order valence-electron chi connectivity index (χ2n) is 4.68. The monoisotopic (exact) mass is 364 g/mol. The van der Waals surface area contributed by atoms with E-state index < -0.39 is 0 Å². The SMILES string of the molecule is COc1ccc(COc2ccc(C(C)=O)cc2OC)cc1Br. The zero-order valence-corrected chi connectivity index (χ0v) is 14.3. The first-order valence-corrected chi connectivity index (χ1v) is 7.48.